The van der Waals surface area contributed by atoms with Gasteiger partial charge in [0, 0.05) is 32.1 Å². The summed E-state index contributed by atoms with van der Waals surface area (Å²) in [5.74, 6) is 0.473. The van der Waals surface area contributed by atoms with E-state index in [0.29, 0.717) is 30.6 Å². The van der Waals surface area contributed by atoms with E-state index < -0.39 is 0 Å². The number of halogens is 1. The molecular weight excluding hydrogens is 319 g/mol. The van der Waals surface area contributed by atoms with Gasteiger partial charge < -0.3 is 10.2 Å². The van der Waals surface area contributed by atoms with Crippen molar-refractivity contribution in [3.05, 3.63) is 53.1 Å². The summed E-state index contributed by atoms with van der Waals surface area (Å²) in [6.45, 7) is 7.01. The van der Waals surface area contributed by atoms with Crippen LogP contribution in [0.2, 0.25) is 0 Å². The summed E-state index contributed by atoms with van der Waals surface area (Å²) in [7, 11) is 0. The van der Waals surface area contributed by atoms with Crippen LogP contribution >= 0.6 is 0 Å². The van der Waals surface area contributed by atoms with Crippen molar-refractivity contribution in [3.63, 3.8) is 0 Å². The van der Waals surface area contributed by atoms with Crippen LogP contribution < -0.4 is 5.32 Å². The van der Waals surface area contributed by atoms with Gasteiger partial charge in [-0.05, 0) is 43.5 Å². The summed E-state index contributed by atoms with van der Waals surface area (Å²) in [6.07, 6.45) is 0. The van der Waals surface area contributed by atoms with Gasteiger partial charge in [0.15, 0.2) is 0 Å². The van der Waals surface area contributed by atoms with Crippen LogP contribution in [0.4, 0.5) is 4.39 Å². The first-order valence-electron chi connectivity index (χ1n) is 8.90. The van der Waals surface area contributed by atoms with E-state index in [2.05, 4.69) is 10.4 Å². The summed E-state index contributed by atoms with van der Waals surface area (Å²) in [4.78, 5) is 15.2. The van der Waals surface area contributed by atoms with Crippen LogP contribution in [0, 0.1) is 24.6 Å². The summed E-state index contributed by atoms with van der Waals surface area (Å²) >= 11 is 0. The molecule has 0 unspecified atom stereocenters. The van der Waals surface area contributed by atoms with Crippen LogP contribution in [0.15, 0.2) is 30.3 Å². The molecule has 2 aromatic rings. The van der Waals surface area contributed by atoms with Crippen LogP contribution in [0.5, 0.6) is 0 Å². The molecule has 3 heterocycles. The van der Waals surface area contributed by atoms with E-state index in [1.807, 2.05) is 30.9 Å². The Morgan fingerprint density at radius 1 is 1.36 bits per heavy atom. The average Bonchev–Trinajstić information content (AvgIpc) is 3.27. The highest BCUT2D eigenvalue weighted by Crippen LogP contribution is 2.43. The highest BCUT2D eigenvalue weighted by Gasteiger charge is 2.47. The number of nitrogens with one attached hydrogen (secondary N) is 1. The Morgan fingerprint density at radius 3 is 2.96 bits per heavy atom. The van der Waals surface area contributed by atoms with E-state index >= 15 is 0 Å². The highest BCUT2D eigenvalue weighted by atomic mass is 19.1. The smallest absolute Gasteiger partial charge is 0.272 e. The number of hydrogen-bond acceptors (Lipinski definition) is 3. The second kappa shape index (κ2) is 6.26. The maximum Gasteiger partial charge on any atom is 0.272 e. The number of aryl methyl sites for hydroxylation is 2. The summed E-state index contributed by atoms with van der Waals surface area (Å²) in [6, 6.07) is 8.42. The molecule has 0 saturated carbocycles. The normalized spacial score (nSPS) is 25.4. The lowest BCUT2D eigenvalue weighted by atomic mass is 9.89. The summed E-state index contributed by atoms with van der Waals surface area (Å²) in [5.41, 5.74) is 2.34. The van der Waals surface area contributed by atoms with Crippen molar-refractivity contribution in [2.75, 3.05) is 19.6 Å². The fourth-order valence-electron chi connectivity index (χ4n) is 4.35. The van der Waals surface area contributed by atoms with E-state index in [9.17, 15) is 9.18 Å². The van der Waals surface area contributed by atoms with Crippen LogP contribution in [-0.2, 0) is 6.54 Å². The monoisotopic (exact) mass is 342 g/mol. The lowest BCUT2D eigenvalue weighted by Gasteiger charge is -2.28. The zero-order chi connectivity index (χ0) is 17.6. The van der Waals surface area contributed by atoms with E-state index in [4.69, 9.17) is 0 Å². The van der Waals surface area contributed by atoms with Crippen LogP contribution in [0.1, 0.15) is 34.7 Å². The maximum atomic E-state index is 13.8. The number of fused-ring (bicyclic) bond motifs is 1. The fourth-order valence-corrected chi connectivity index (χ4v) is 4.35. The number of carbonyl (C=O) groups excluding carboxylic acids is 1. The molecule has 0 spiro atoms. The number of nitrogens with zero attached hydrogens (tertiary/aromatic N) is 3. The van der Waals surface area contributed by atoms with E-state index in [1.54, 1.807) is 16.8 Å². The minimum atomic E-state index is -0.256. The first-order chi connectivity index (χ1) is 12.1. The van der Waals surface area contributed by atoms with Gasteiger partial charge in [-0.3, -0.25) is 9.48 Å². The van der Waals surface area contributed by atoms with Crippen molar-refractivity contribution in [2.45, 2.75) is 26.4 Å². The van der Waals surface area contributed by atoms with Crippen molar-refractivity contribution in [2.24, 2.45) is 11.8 Å². The number of rotatable bonds is 3. The lowest BCUT2D eigenvalue weighted by molar-refractivity contribution is 0.0701. The molecule has 1 amide bonds. The molecule has 0 aliphatic carbocycles. The molecule has 4 rings (SSSR count). The first kappa shape index (κ1) is 16.3. The second-order valence-corrected chi connectivity index (χ2v) is 7.03. The fraction of sp³-hybridized carbons (Fsp3) is 0.474. The number of hydrogen-bond donors (Lipinski definition) is 1. The number of amides is 1. The van der Waals surface area contributed by atoms with Gasteiger partial charge in [0.1, 0.15) is 11.5 Å². The Morgan fingerprint density at radius 2 is 2.20 bits per heavy atom. The van der Waals surface area contributed by atoms with Gasteiger partial charge >= 0.3 is 0 Å². The van der Waals surface area contributed by atoms with Gasteiger partial charge in [-0.25, -0.2) is 4.39 Å². The Bertz CT molecular complexity index is 802. The first-order valence-corrected chi connectivity index (χ1v) is 8.90. The summed E-state index contributed by atoms with van der Waals surface area (Å²) < 4.78 is 15.6. The maximum absolute atomic E-state index is 13.8. The molecular formula is C19H23FN4O. The Labute approximate surface area is 146 Å². The molecule has 2 fully saturated rings. The van der Waals surface area contributed by atoms with Gasteiger partial charge in [0.2, 0.25) is 0 Å². The molecule has 132 valence electrons. The predicted octanol–water partition coefficient (Wildman–Crippen LogP) is 2.38. The minimum Gasteiger partial charge on any atom is -0.330 e. The van der Waals surface area contributed by atoms with E-state index in [1.165, 1.54) is 6.07 Å². The second-order valence-electron chi connectivity index (χ2n) is 7.03. The molecule has 1 N–H and O–H groups in total. The zero-order valence-electron chi connectivity index (χ0n) is 14.6. The van der Waals surface area contributed by atoms with E-state index in [0.717, 1.165) is 24.3 Å². The topological polar surface area (TPSA) is 50.2 Å². The molecule has 2 aliphatic heterocycles. The predicted molar refractivity (Wildman–Crippen MR) is 92.7 cm³/mol. The third-order valence-electron chi connectivity index (χ3n) is 5.44. The van der Waals surface area contributed by atoms with Gasteiger partial charge in [-0.15, -0.1) is 0 Å². The molecule has 0 radical (unpaired) electrons. The Kier molecular flexibility index (Phi) is 4.07. The van der Waals surface area contributed by atoms with Crippen molar-refractivity contribution in [3.8, 4) is 0 Å². The number of likely N-dealkylation sites (tertiary alicyclic amines) is 1. The molecule has 2 aliphatic rings. The van der Waals surface area contributed by atoms with Gasteiger partial charge in [-0.1, -0.05) is 12.1 Å². The molecule has 2 saturated heterocycles. The van der Waals surface area contributed by atoms with Crippen LogP contribution in [-0.4, -0.2) is 40.2 Å². The third-order valence-corrected chi connectivity index (χ3v) is 5.44. The Hall–Kier alpha value is -2.21. The molecule has 0 bridgehead atoms. The SMILES string of the molecule is CCn1nc(C)cc1C(=O)N1C[C@@H]2CNC[C@@H]2[C@H]1c1cccc(F)c1. The molecule has 6 heteroatoms. The van der Waals surface area contributed by atoms with Gasteiger partial charge in [-0.2, -0.15) is 5.10 Å². The Balaban J connectivity index is 1.72. The van der Waals surface area contributed by atoms with Crippen LogP contribution in [0.25, 0.3) is 0 Å². The van der Waals surface area contributed by atoms with Crippen LogP contribution in [0.3, 0.4) is 0 Å². The summed E-state index contributed by atoms with van der Waals surface area (Å²) in [5, 5.41) is 7.82. The quantitative estimate of drug-likeness (QED) is 0.932. The standard InChI is InChI=1S/C19H23FN4O/c1-3-24-17(7-12(2)22-24)19(25)23-11-14-9-21-10-16(14)18(23)13-5-4-6-15(20)8-13/h4-8,14,16,18,21H,3,9-11H2,1-2H3/t14-,16-,18+/m0/s1. The minimum absolute atomic E-state index is 0.00823. The molecule has 1 aromatic heterocycles. The van der Waals surface area contributed by atoms with Gasteiger partial charge in [0.25, 0.3) is 5.91 Å². The average molecular weight is 342 g/mol. The number of carbonyl (C=O) groups is 1. The molecule has 25 heavy (non-hydrogen) atoms. The number of benzene rings is 1. The largest absolute Gasteiger partial charge is 0.330 e. The molecule has 5 nitrogen and oxygen atoms in total. The van der Waals surface area contributed by atoms with Crippen molar-refractivity contribution in [1.82, 2.24) is 20.0 Å². The number of aromatic nitrogens is 2. The molecule has 1 aromatic carbocycles. The van der Waals surface area contributed by atoms with Crippen molar-refractivity contribution >= 4 is 5.91 Å². The highest BCUT2D eigenvalue weighted by molar-refractivity contribution is 5.93. The zero-order valence-corrected chi connectivity index (χ0v) is 14.6. The van der Waals surface area contributed by atoms with Gasteiger partial charge in [0.05, 0.1) is 11.7 Å². The van der Waals surface area contributed by atoms with E-state index in [-0.39, 0.29) is 17.8 Å². The molecule has 3 atom stereocenters. The van der Waals surface area contributed by atoms with Crippen molar-refractivity contribution < 1.29 is 9.18 Å². The lowest BCUT2D eigenvalue weighted by Crippen LogP contribution is -2.36. The third kappa shape index (κ3) is 2.74. The van der Waals surface area contributed by atoms with Crippen molar-refractivity contribution in [1.29, 1.82) is 0 Å².